The van der Waals surface area contributed by atoms with E-state index in [0.717, 1.165) is 19.0 Å². The van der Waals surface area contributed by atoms with E-state index in [9.17, 15) is 0 Å². The maximum Gasteiger partial charge on any atom is 0.192 e. The van der Waals surface area contributed by atoms with E-state index in [1.165, 1.54) is 56.2 Å². The Balaban J connectivity index is 1.51. The lowest BCUT2D eigenvalue weighted by Gasteiger charge is -2.47. The summed E-state index contributed by atoms with van der Waals surface area (Å²) in [6.45, 7) is 1.86. The lowest BCUT2D eigenvalue weighted by molar-refractivity contribution is 0.0639. The summed E-state index contributed by atoms with van der Waals surface area (Å²) in [5.41, 5.74) is 7.13. The third-order valence-electron chi connectivity index (χ3n) is 6.18. The molecule has 114 valence electrons. The summed E-state index contributed by atoms with van der Waals surface area (Å²) in [7, 11) is 0. The Hall–Kier alpha value is -1.03. The molecule has 4 heteroatoms. The summed E-state index contributed by atoms with van der Waals surface area (Å²) < 4.78 is 0. The zero-order valence-electron chi connectivity index (χ0n) is 12.7. The molecular formula is C17H25N3S. The second-order valence-corrected chi connectivity index (χ2v) is 8.30. The summed E-state index contributed by atoms with van der Waals surface area (Å²) in [4.78, 5) is 8.43. The number of nitrogens with two attached hydrogens (primary N) is 1. The molecule has 2 heterocycles. The van der Waals surface area contributed by atoms with E-state index in [-0.39, 0.29) is 5.54 Å². The van der Waals surface area contributed by atoms with Gasteiger partial charge in [0, 0.05) is 4.88 Å². The van der Waals surface area contributed by atoms with Crippen molar-refractivity contribution in [1.29, 1.82) is 0 Å². The summed E-state index contributed by atoms with van der Waals surface area (Å²) >= 11 is 1.83. The Morgan fingerprint density at radius 2 is 1.90 bits per heavy atom. The largest absolute Gasteiger partial charge is 0.370 e. The highest BCUT2D eigenvalue weighted by molar-refractivity contribution is 7.09. The van der Waals surface area contributed by atoms with Crippen LogP contribution in [0.4, 0.5) is 0 Å². The van der Waals surface area contributed by atoms with Crippen molar-refractivity contribution in [2.24, 2.45) is 16.1 Å². The smallest absolute Gasteiger partial charge is 0.192 e. The first-order valence-electron chi connectivity index (χ1n) is 8.32. The quantitative estimate of drug-likeness (QED) is 0.904. The Kier molecular flexibility index (Phi) is 3.25. The van der Waals surface area contributed by atoms with Crippen molar-refractivity contribution in [3.05, 3.63) is 22.4 Å². The van der Waals surface area contributed by atoms with Gasteiger partial charge in [0.1, 0.15) is 0 Å². The van der Waals surface area contributed by atoms with Crippen LogP contribution in [0.25, 0.3) is 0 Å². The van der Waals surface area contributed by atoms with Crippen LogP contribution >= 0.6 is 11.3 Å². The van der Waals surface area contributed by atoms with E-state index < -0.39 is 0 Å². The molecule has 1 aliphatic heterocycles. The van der Waals surface area contributed by atoms with Crippen molar-refractivity contribution in [2.45, 2.75) is 63.5 Å². The molecule has 1 aromatic heterocycles. The molecule has 2 N–H and O–H groups in total. The van der Waals surface area contributed by atoms with E-state index >= 15 is 0 Å². The van der Waals surface area contributed by atoms with Crippen molar-refractivity contribution in [3.63, 3.8) is 0 Å². The van der Waals surface area contributed by atoms with Crippen molar-refractivity contribution in [3.8, 4) is 0 Å². The van der Waals surface area contributed by atoms with Gasteiger partial charge in [0.2, 0.25) is 0 Å². The monoisotopic (exact) mass is 303 g/mol. The van der Waals surface area contributed by atoms with E-state index in [1.54, 1.807) is 0 Å². The summed E-state index contributed by atoms with van der Waals surface area (Å²) in [6, 6.07) is 4.34. The van der Waals surface area contributed by atoms with Crippen LogP contribution < -0.4 is 5.73 Å². The maximum atomic E-state index is 6.23. The first-order chi connectivity index (χ1) is 10.2. The summed E-state index contributed by atoms with van der Waals surface area (Å²) in [5.74, 6) is 0.769. The number of aliphatic imine (C=N–C) groups is 1. The SMILES string of the molecule is NC1=NCC2(CCC3(CCCC3)CC2)N1Cc1cccs1. The third-order valence-corrected chi connectivity index (χ3v) is 7.05. The lowest BCUT2D eigenvalue weighted by Crippen LogP contribution is -2.53. The molecule has 0 bridgehead atoms. The average molecular weight is 303 g/mol. The number of nitrogens with zero attached hydrogens (tertiary/aromatic N) is 2. The fraction of sp³-hybridized carbons (Fsp3) is 0.706. The molecule has 4 rings (SSSR count). The van der Waals surface area contributed by atoms with Crippen LogP contribution in [0.5, 0.6) is 0 Å². The summed E-state index contributed by atoms with van der Waals surface area (Å²) in [6.07, 6.45) is 11.2. The Morgan fingerprint density at radius 1 is 1.14 bits per heavy atom. The fourth-order valence-electron chi connectivity index (χ4n) is 4.75. The van der Waals surface area contributed by atoms with Crippen LogP contribution in [0.15, 0.2) is 22.5 Å². The Bertz CT molecular complexity index is 518. The highest BCUT2D eigenvalue weighted by atomic mass is 32.1. The average Bonchev–Trinajstić information content (AvgIpc) is 3.21. The highest BCUT2D eigenvalue weighted by Gasteiger charge is 2.49. The van der Waals surface area contributed by atoms with Gasteiger partial charge in [-0.15, -0.1) is 11.3 Å². The van der Waals surface area contributed by atoms with Crippen molar-refractivity contribution >= 4 is 17.3 Å². The van der Waals surface area contributed by atoms with Crippen molar-refractivity contribution in [1.82, 2.24) is 4.90 Å². The van der Waals surface area contributed by atoms with Gasteiger partial charge in [-0.3, -0.25) is 4.99 Å². The second kappa shape index (κ2) is 5.01. The van der Waals surface area contributed by atoms with E-state index in [4.69, 9.17) is 5.73 Å². The van der Waals surface area contributed by atoms with Gasteiger partial charge >= 0.3 is 0 Å². The number of thiophene rings is 1. The number of hydrogen-bond acceptors (Lipinski definition) is 4. The van der Waals surface area contributed by atoms with Crippen LogP contribution in [-0.2, 0) is 6.54 Å². The second-order valence-electron chi connectivity index (χ2n) is 7.27. The first kappa shape index (κ1) is 13.6. The molecule has 2 aliphatic carbocycles. The van der Waals surface area contributed by atoms with Gasteiger partial charge in [0.05, 0.1) is 18.6 Å². The number of hydrogen-bond donors (Lipinski definition) is 1. The van der Waals surface area contributed by atoms with Gasteiger partial charge in [0.25, 0.3) is 0 Å². The van der Waals surface area contributed by atoms with Crippen LogP contribution in [-0.4, -0.2) is 22.9 Å². The molecule has 2 saturated carbocycles. The van der Waals surface area contributed by atoms with E-state index in [0.29, 0.717) is 5.41 Å². The minimum atomic E-state index is 0.224. The van der Waals surface area contributed by atoms with E-state index in [1.807, 2.05) is 11.3 Å². The van der Waals surface area contributed by atoms with Crippen LogP contribution in [0.3, 0.4) is 0 Å². The van der Waals surface area contributed by atoms with Crippen molar-refractivity contribution < 1.29 is 0 Å². The topological polar surface area (TPSA) is 41.6 Å². The minimum Gasteiger partial charge on any atom is -0.370 e. The molecular weight excluding hydrogens is 278 g/mol. The molecule has 0 unspecified atom stereocenters. The molecule has 0 saturated heterocycles. The molecule has 21 heavy (non-hydrogen) atoms. The standard InChI is InChI=1S/C17H25N3S/c18-15-19-13-17(20(15)12-14-4-3-11-21-14)9-7-16(8-10-17)5-1-2-6-16/h3-4,11H,1-2,5-10,12-13H2,(H2,18,19). The van der Waals surface area contributed by atoms with Gasteiger partial charge in [-0.25, -0.2) is 0 Å². The highest BCUT2D eigenvalue weighted by Crippen LogP contribution is 2.53. The summed E-state index contributed by atoms with van der Waals surface area (Å²) in [5, 5.41) is 2.15. The van der Waals surface area contributed by atoms with Crippen LogP contribution in [0.2, 0.25) is 0 Å². The number of guanidine groups is 1. The lowest BCUT2D eigenvalue weighted by atomic mass is 9.66. The number of rotatable bonds is 2. The van der Waals surface area contributed by atoms with Gasteiger partial charge in [-0.1, -0.05) is 18.9 Å². The molecule has 3 nitrogen and oxygen atoms in total. The van der Waals surface area contributed by atoms with Crippen LogP contribution in [0, 0.1) is 5.41 Å². The normalized spacial score (nSPS) is 26.7. The predicted molar refractivity (Wildman–Crippen MR) is 88.5 cm³/mol. The van der Waals surface area contributed by atoms with Crippen molar-refractivity contribution in [2.75, 3.05) is 6.54 Å². The van der Waals surface area contributed by atoms with Gasteiger partial charge in [0.15, 0.2) is 5.96 Å². The first-order valence-corrected chi connectivity index (χ1v) is 9.20. The van der Waals surface area contributed by atoms with Gasteiger partial charge < -0.3 is 10.6 Å². The predicted octanol–water partition coefficient (Wildman–Crippen LogP) is 3.75. The molecule has 0 aromatic carbocycles. The van der Waals surface area contributed by atoms with Gasteiger partial charge in [-0.2, -0.15) is 0 Å². The zero-order valence-corrected chi connectivity index (χ0v) is 13.5. The molecule has 3 aliphatic rings. The maximum absolute atomic E-state index is 6.23. The Morgan fingerprint density at radius 3 is 2.57 bits per heavy atom. The minimum absolute atomic E-state index is 0.224. The fourth-order valence-corrected chi connectivity index (χ4v) is 5.44. The van der Waals surface area contributed by atoms with E-state index in [2.05, 4.69) is 27.4 Å². The molecule has 0 radical (unpaired) electrons. The molecule has 2 fully saturated rings. The molecule has 2 spiro atoms. The zero-order chi connectivity index (χ0) is 14.3. The van der Waals surface area contributed by atoms with Gasteiger partial charge in [-0.05, 0) is 55.4 Å². The molecule has 0 atom stereocenters. The van der Waals surface area contributed by atoms with Crippen LogP contribution in [0.1, 0.15) is 56.2 Å². The molecule has 0 amide bonds. The molecule has 1 aromatic rings. The third kappa shape index (κ3) is 2.28. The Labute approximate surface area is 131 Å².